The fourth-order valence-corrected chi connectivity index (χ4v) is 2.44. The van der Waals surface area contributed by atoms with Crippen LogP contribution in [0.1, 0.15) is 22.0 Å². The van der Waals surface area contributed by atoms with Crippen LogP contribution < -0.4 is 5.32 Å². The number of carbonyl (C=O) groups excluding carboxylic acids is 1. The lowest BCUT2D eigenvalue weighted by Gasteiger charge is -2.06. The monoisotopic (exact) mass is 344 g/mol. The summed E-state index contributed by atoms with van der Waals surface area (Å²) in [4.78, 5) is 16.6. The minimum absolute atomic E-state index is 0.000101. The Labute approximate surface area is 143 Å². The van der Waals surface area contributed by atoms with Gasteiger partial charge in [0.15, 0.2) is 11.6 Å². The van der Waals surface area contributed by atoms with Gasteiger partial charge in [0.1, 0.15) is 0 Å². The molecule has 1 amide bonds. The Morgan fingerprint density at radius 3 is 2.71 bits per heavy atom. The third kappa shape index (κ3) is 3.44. The highest BCUT2D eigenvalue weighted by Gasteiger charge is 2.17. The molecule has 24 heavy (non-hydrogen) atoms. The molecule has 1 heterocycles. The molecule has 2 aromatic carbocycles. The maximum absolute atomic E-state index is 13.9. The average Bonchev–Trinajstić information content (AvgIpc) is 2.93. The van der Waals surface area contributed by atoms with Crippen molar-refractivity contribution in [3.05, 3.63) is 76.6 Å². The standard InChI is InChI=1S/C17H14ClFN4O/c1-23-16(17(24)20-13-9-5-8-12(18)15(13)19)21-14(22-23)10-11-6-3-2-4-7-11/h2-9H,10H2,1H3,(H,20,24). The molecule has 5 nitrogen and oxygen atoms in total. The van der Waals surface area contributed by atoms with E-state index in [-0.39, 0.29) is 16.5 Å². The van der Waals surface area contributed by atoms with E-state index in [1.807, 2.05) is 30.3 Å². The van der Waals surface area contributed by atoms with Gasteiger partial charge in [-0.2, -0.15) is 5.10 Å². The highest BCUT2D eigenvalue weighted by atomic mass is 35.5. The van der Waals surface area contributed by atoms with Crippen LogP contribution in [-0.4, -0.2) is 20.7 Å². The summed E-state index contributed by atoms with van der Waals surface area (Å²) in [5.74, 6) is -0.620. The number of hydrogen-bond donors (Lipinski definition) is 1. The second-order valence-corrected chi connectivity index (χ2v) is 5.60. The van der Waals surface area contributed by atoms with Crippen molar-refractivity contribution in [3.63, 3.8) is 0 Å². The normalized spacial score (nSPS) is 10.6. The molecule has 1 aromatic heterocycles. The quantitative estimate of drug-likeness (QED) is 0.788. The van der Waals surface area contributed by atoms with Crippen molar-refractivity contribution in [2.75, 3.05) is 5.32 Å². The molecule has 0 radical (unpaired) electrons. The fourth-order valence-electron chi connectivity index (χ4n) is 2.27. The van der Waals surface area contributed by atoms with E-state index in [4.69, 9.17) is 11.6 Å². The SMILES string of the molecule is Cn1nc(Cc2ccccc2)nc1C(=O)Nc1cccc(Cl)c1F. The maximum Gasteiger partial charge on any atom is 0.293 e. The maximum atomic E-state index is 13.9. The summed E-state index contributed by atoms with van der Waals surface area (Å²) in [5.41, 5.74) is 1.04. The molecule has 0 spiro atoms. The van der Waals surface area contributed by atoms with E-state index in [1.54, 1.807) is 13.1 Å². The Morgan fingerprint density at radius 2 is 1.96 bits per heavy atom. The Balaban J connectivity index is 1.79. The van der Waals surface area contributed by atoms with Crippen molar-refractivity contribution in [1.82, 2.24) is 14.8 Å². The van der Waals surface area contributed by atoms with Crippen molar-refractivity contribution in [2.45, 2.75) is 6.42 Å². The van der Waals surface area contributed by atoms with Gasteiger partial charge in [0.25, 0.3) is 5.91 Å². The predicted octanol–water partition coefficient (Wildman–Crippen LogP) is 3.45. The fraction of sp³-hybridized carbons (Fsp3) is 0.118. The first kappa shape index (κ1) is 16.1. The number of nitrogens with one attached hydrogen (secondary N) is 1. The number of rotatable bonds is 4. The number of halogens is 2. The molecule has 1 N–H and O–H groups in total. The molecule has 0 atom stereocenters. The summed E-state index contributed by atoms with van der Waals surface area (Å²) in [5, 5.41) is 6.64. The molecule has 3 rings (SSSR count). The van der Waals surface area contributed by atoms with Crippen LogP contribution in [0.5, 0.6) is 0 Å². The Hall–Kier alpha value is -2.73. The number of hydrogen-bond acceptors (Lipinski definition) is 3. The van der Waals surface area contributed by atoms with Crippen molar-refractivity contribution in [1.29, 1.82) is 0 Å². The number of aromatic nitrogens is 3. The van der Waals surface area contributed by atoms with Crippen LogP contribution in [-0.2, 0) is 13.5 Å². The molecule has 7 heteroatoms. The zero-order chi connectivity index (χ0) is 17.1. The van der Waals surface area contributed by atoms with Crippen LogP contribution in [0.25, 0.3) is 0 Å². The van der Waals surface area contributed by atoms with Gasteiger partial charge < -0.3 is 5.32 Å². The molecule has 0 aliphatic rings. The number of amides is 1. The second kappa shape index (κ2) is 6.80. The lowest BCUT2D eigenvalue weighted by Crippen LogP contribution is -2.18. The van der Waals surface area contributed by atoms with E-state index in [1.165, 1.54) is 16.8 Å². The van der Waals surface area contributed by atoms with Crippen LogP contribution in [0.3, 0.4) is 0 Å². The van der Waals surface area contributed by atoms with Gasteiger partial charge in [0, 0.05) is 13.5 Å². The molecule has 0 aliphatic heterocycles. The second-order valence-electron chi connectivity index (χ2n) is 5.19. The largest absolute Gasteiger partial charge is 0.317 e. The summed E-state index contributed by atoms with van der Waals surface area (Å²) in [6.07, 6.45) is 0.507. The van der Waals surface area contributed by atoms with Crippen LogP contribution in [0.15, 0.2) is 48.5 Å². The predicted molar refractivity (Wildman–Crippen MR) is 89.6 cm³/mol. The highest BCUT2D eigenvalue weighted by Crippen LogP contribution is 2.22. The van der Waals surface area contributed by atoms with E-state index < -0.39 is 11.7 Å². The molecular weight excluding hydrogens is 331 g/mol. The van der Waals surface area contributed by atoms with Crippen molar-refractivity contribution < 1.29 is 9.18 Å². The zero-order valence-corrected chi connectivity index (χ0v) is 13.6. The number of anilines is 1. The van der Waals surface area contributed by atoms with E-state index in [0.29, 0.717) is 12.2 Å². The number of nitrogens with zero attached hydrogens (tertiary/aromatic N) is 3. The zero-order valence-electron chi connectivity index (χ0n) is 12.8. The molecule has 122 valence electrons. The van der Waals surface area contributed by atoms with E-state index >= 15 is 0 Å². The van der Waals surface area contributed by atoms with Gasteiger partial charge in [0.2, 0.25) is 5.82 Å². The Morgan fingerprint density at radius 1 is 1.21 bits per heavy atom. The summed E-state index contributed by atoms with van der Waals surface area (Å²) in [6, 6.07) is 14.1. The average molecular weight is 345 g/mol. The van der Waals surface area contributed by atoms with Crippen molar-refractivity contribution in [2.24, 2.45) is 7.05 Å². The summed E-state index contributed by atoms with van der Waals surface area (Å²) >= 11 is 5.71. The molecule has 3 aromatic rings. The van der Waals surface area contributed by atoms with Crippen molar-refractivity contribution in [3.8, 4) is 0 Å². The van der Waals surface area contributed by atoms with Crippen LogP contribution in [0.4, 0.5) is 10.1 Å². The lowest BCUT2D eigenvalue weighted by atomic mass is 10.1. The molecule has 0 saturated carbocycles. The number of carbonyl (C=O) groups is 1. The van der Waals surface area contributed by atoms with Gasteiger partial charge in [-0.15, -0.1) is 0 Å². The lowest BCUT2D eigenvalue weighted by molar-refractivity contribution is 0.101. The molecule has 0 bridgehead atoms. The first-order valence-corrected chi connectivity index (χ1v) is 7.61. The van der Waals surface area contributed by atoms with E-state index in [2.05, 4.69) is 15.4 Å². The molecule has 0 unspecified atom stereocenters. The van der Waals surface area contributed by atoms with Gasteiger partial charge >= 0.3 is 0 Å². The van der Waals surface area contributed by atoms with Crippen molar-refractivity contribution >= 4 is 23.2 Å². The highest BCUT2D eigenvalue weighted by molar-refractivity contribution is 6.31. The van der Waals surface area contributed by atoms with Gasteiger partial charge in [-0.25, -0.2) is 14.1 Å². The third-order valence-electron chi connectivity index (χ3n) is 3.41. The Bertz CT molecular complexity index is 880. The van der Waals surface area contributed by atoms with E-state index in [9.17, 15) is 9.18 Å². The van der Waals surface area contributed by atoms with Gasteiger partial charge in [0.05, 0.1) is 10.7 Å². The minimum Gasteiger partial charge on any atom is -0.317 e. The van der Waals surface area contributed by atoms with Gasteiger partial charge in [-0.05, 0) is 17.7 Å². The first-order valence-electron chi connectivity index (χ1n) is 7.24. The van der Waals surface area contributed by atoms with Gasteiger partial charge in [-0.1, -0.05) is 48.0 Å². The number of aryl methyl sites for hydroxylation is 1. The molecule has 0 fully saturated rings. The molecule has 0 aliphatic carbocycles. The summed E-state index contributed by atoms with van der Waals surface area (Å²) in [7, 11) is 1.62. The van der Waals surface area contributed by atoms with Crippen LogP contribution >= 0.6 is 11.6 Å². The molecule has 0 saturated heterocycles. The molecular formula is C17H14ClFN4O. The Kier molecular flexibility index (Phi) is 4.57. The van der Waals surface area contributed by atoms with Crippen LogP contribution in [0, 0.1) is 5.82 Å². The van der Waals surface area contributed by atoms with Crippen LogP contribution in [0.2, 0.25) is 5.02 Å². The minimum atomic E-state index is -0.681. The van der Waals surface area contributed by atoms with E-state index in [0.717, 1.165) is 5.56 Å². The number of benzene rings is 2. The summed E-state index contributed by atoms with van der Waals surface area (Å²) < 4.78 is 15.3. The topological polar surface area (TPSA) is 59.8 Å². The van der Waals surface area contributed by atoms with Gasteiger partial charge in [-0.3, -0.25) is 4.79 Å². The summed E-state index contributed by atoms with van der Waals surface area (Å²) in [6.45, 7) is 0. The smallest absolute Gasteiger partial charge is 0.293 e. The third-order valence-corrected chi connectivity index (χ3v) is 3.71. The first-order chi connectivity index (χ1) is 11.5.